The Morgan fingerprint density at radius 3 is 2.26 bits per heavy atom. The van der Waals surface area contributed by atoms with Crippen molar-refractivity contribution in [3.05, 3.63) is 77.5 Å². The van der Waals surface area contributed by atoms with Crippen LogP contribution in [0.5, 0.6) is 0 Å². The molecule has 5 heteroatoms. The number of carbonyl (C=O) groups is 2. The van der Waals surface area contributed by atoms with E-state index in [9.17, 15) is 9.59 Å². The monoisotopic (exact) mass is 468 g/mol. The minimum Gasteiger partial charge on any atom is -0.444 e. The minimum atomic E-state index is -0.535. The van der Waals surface area contributed by atoms with Crippen molar-refractivity contribution in [2.75, 3.05) is 0 Å². The van der Waals surface area contributed by atoms with Gasteiger partial charge in [0.25, 0.3) is 0 Å². The van der Waals surface area contributed by atoms with Gasteiger partial charge in [0.2, 0.25) is 0 Å². The van der Waals surface area contributed by atoms with Gasteiger partial charge in [0.1, 0.15) is 5.60 Å². The van der Waals surface area contributed by atoms with Crippen molar-refractivity contribution < 1.29 is 14.3 Å². The smallest absolute Gasteiger partial charge is 0.408 e. The third kappa shape index (κ3) is 4.72. The van der Waals surface area contributed by atoms with E-state index in [4.69, 9.17) is 9.72 Å². The zero-order valence-electron chi connectivity index (χ0n) is 20.7. The quantitative estimate of drug-likeness (QED) is 0.455. The van der Waals surface area contributed by atoms with Crippen LogP contribution in [-0.2, 0) is 16.7 Å². The second-order valence-corrected chi connectivity index (χ2v) is 10.7. The number of pyridine rings is 1. The van der Waals surface area contributed by atoms with Crippen LogP contribution in [0.3, 0.4) is 0 Å². The zero-order chi connectivity index (χ0) is 24.6. The van der Waals surface area contributed by atoms with Gasteiger partial charge in [-0.3, -0.25) is 9.78 Å². The molecule has 2 aliphatic rings. The predicted octanol–water partition coefficient (Wildman–Crippen LogP) is 6.84. The average molecular weight is 469 g/mol. The molecule has 3 aromatic rings. The summed E-state index contributed by atoms with van der Waals surface area (Å²) in [6.45, 7) is 5.62. The lowest BCUT2D eigenvalue weighted by Gasteiger charge is -2.43. The van der Waals surface area contributed by atoms with Crippen LogP contribution in [0.2, 0.25) is 0 Å². The highest BCUT2D eigenvalue weighted by atomic mass is 16.6. The topological polar surface area (TPSA) is 68.3 Å². The molecule has 0 atom stereocenters. The van der Waals surface area contributed by atoms with Gasteiger partial charge in [0.05, 0.1) is 16.9 Å². The molecule has 0 bridgehead atoms. The molecule has 1 heterocycles. The number of fused-ring (bicyclic) bond motifs is 1. The average Bonchev–Trinajstić information content (AvgIpc) is 2.81. The highest BCUT2D eigenvalue weighted by Crippen LogP contribution is 2.42. The van der Waals surface area contributed by atoms with Crippen molar-refractivity contribution in [1.82, 2.24) is 10.3 Å². The van der Waals surface area contributed by atoms with Crippen LogP contribution < -0.4 is 5.32 Å². The summed E-state index contributed by atoms with van der Waals surface area (Å²) in [4.78, 5) is 30.1. The Labute approximate surface area is 206 Å². The summed E-state index contributed by atoms with van der Waals surface area (Å²) in [6, 6.07) is 20.5. The largest absolute Gasteiger partial charge is 0.444 e. The maximum absolute atomic E-state index is 12.6. The molecule has 1 amide bonds. The first kappa shape index (κ1) is 23.3. The minimum absolute atomic E-state index is 0.179. The Balaban J connectivity index is 1.50. The molecule has 0 unspecified atom stereocenters. The first-order chi connectivity index (χ1) is 16.7. The van der Waals surface area contributed by atoms with Crippen LogP contribution in [0, 0.1) is 0 Å². The van der Waals surface area contributed by atoms with E-state index in [0.29, 0.717) is 6.42 Å². The van der Waals surface area contributed by atoms with Crippen LogP contribution >= 0.6 is 0 Å². The number of nitrogens with one attached hydrogen (secondary N) is 1. The Kier molecular flexibility index (Phi) is 5.96. The van der Waals surface area contributed by atoms with Gasteiger partial charge in [0.15, 0.2) is 5.78 Å². The molecule has 1 fully saturated rings. The fraction of sp³-hybridized carbons (Fsp3) is 0.367. The van der Waals surface area contributed by atoms with E-state index >= 15 is 0 Å². The number of ether oxygens (including phenoxy) is 1. The van der Waals surface area contributed by atoms with Crippen molar-refractivity contribution in [3.63, 3.8) is 0 Å². The van der Waals surface area contributed by atoms with Gasteiger partial charge in [-0.2, -0.15) is 0 Å². The summed E-state index contributed by atoms with van der Waals surface area (Å²) >= 11 is 0. The molecule has 35 heavy (non-hydrogen) atoms. The number of amides is 1. The van der Waals surface area contributed by atoms with Gasteiger partial charge in [-0.15, -0.1) is 0 Å². The molecule has 2 aliphatic carbocycles. The van der Waals surface area contributed by atoms with Gasteiger partial charge < -0.3 is 10.1 Å². The lowest BCUT2D eigenvalue weighted by molar-refractivity contribution is 0.0377. The third-order valence-electron chi connectivity index (χ3n) is 6.96. The number of ketones is 1. The number of alkyl carbamates (subject to hydrolysis) is 1. The van der Waals surface area contributed by atoms with Crippen molar-refractivity contribution in [2.24, 2.45) is 0 Å². The number of hydrogen-bond donors (Lipinski definition) is 1. The molecule has 1 aromatic heterocycles. The molecule has 0 aliphatic heterocycles. The molecule has 2 aromatic carbocycles. The zero-order valence-corrected chi connectivity index (χ0v) is 20.7. The summed E-state index contributed by atoms with van der Waals surface area (Å²) in [7, 11) is 0. The van der Waals surface area contributed by atoms with E-state index in [0.717, 1.165) is 71.3 Å². The molecule has 1 N–H and O–H groups in total. The first-order valence-electron chi connectivity index (χ1n) is 12.5. The highest BCUT2D eigenvalue weighted by molar-refractivity contribution is 6.00. The second-order valence-electron chi connectivity index (χ2n) is 10.7. The number of Topliss-reactive ketones (excluding diaryl/α,β-unsaturated/α-hetero) is 1. The van der Waals surface area contributed by atoms with Crippen LogP contribution in [0.15, 0.2) is 60.7 Å². The fourth-order valence-corrected chi connectivity index (χ4v) is 5.05. The van der Waals surface area contributed by atoms with Crippen LogP contribution in [0.4, 0.5) is 4.79 Å². The van der Waals surface area contributed by atoms with E-state index in [2.05, 4.69) is 41.7 Å². The van der Waals surface area contributed by atoms with Crippen LogP contribution in [0.25, 0.3) is 22.4 Å². The Morgan fingerprint density at radius 1 is 0.914 bits per heavy atom. The van der Waals surface area contributed by atoms with Gasteiger partial charge in [0, 0.05) is 23.1 Å². The highest BCUT2D eigenvalue weighted by Gasteiger charge is 2.41. The number of carbonyl (C=O) groups excluding carboxylic acids is 2. The Morgan fingerprint density at radius 2 is 1.63 bits per heavy atom. The number of hydrogen-bond acceptors (Lipinski definition) is 4. The maximum Gasteiger partial charge on any atom is 0.408 e. The normalized spacial score (nSPS) is 16.7. The van der Waals surface area contributed by atoms with E-state index in [1.165, 1.54) is 0 Å². The fourth-order valence-electron chi connectivity index (χ4n) is 5.05. The lowest BCUT2D eigenvalue weighted by Crippen LogP contribution is -2.52. The van der Waals surface area contributed by atoms with E-state index < -0.39 is 11.1 Å². The number of nitrogens with zero attached hydrogens (tertiary/aromatic N) is 1. The predicted molar refractivity (Wildman–Crippen MR) is 137 cm³/mol. The molecule has 0 spiro atoms. The van der Waals surface area contributed by atoms with Crippen molar-refractivity contribution in [1.29, 1.82) is 0 Å². The summed E-state index contributed by atoms with van der Waals surface area (Å²) in [5.74, 6) is 0.179. The molecule has 0 radical (unpaired) electrons. The number of benzene rings is 2. The van der Waals surface area contributed by atoms with Crippen molar-refractivity contribution in [3.8, 4) is 22.4 Å². The van der Waals surface area contributed by atoms with Crippen molar-refractivity contribution in [2.45, 2.75) is 70.4 Å². The number of aromatic nitrogens is 1. The summed E-state index contributed by atoms with van der Waals surface area (Å²) < 4.78 is 5.52. The van der Waals surface area contributed by atoms with Gasteiger partial charge >= 0.3 is 6.09 Å². The first-order valence-corrected chi connectivity index (χ1v) is 12.5. The molecular formula is C30H32N2O3. The Bertz CT molecular complexity index is 1250. The Hall–Kier alpha value is -3.47. The molecular weight excluding hydrogens is 436 g/mol. The van der Waals surface area contributed by atoms with Gasteiger partial charge in [-0.05, 0) is 70.1 Å². The van der Waals surface area contributed by atoms with E-state index in [1.807, 2.05) is 45.0 Å². The van der Waals surface area contributed by atoms with E-state index in [-0.39, 0.29) is 11.9 Å². The molecule has 5 nitrogen and oxygen atoms in total. The number of aryl methyl sites for hydroxylation is 1. The SMILES string of the molecule is CC(C)(C)OC(=O)NC1(c2ccc(-c3nc4c(cc3-c3ccccc3)C(=O)CCC4)cc2)CCC1. The summed E-state index contributed by atoms with van der Waals surface area (Å²) in [5, 5.41) is 3.13. The van der Waals surface area contributed by atoms with Gasteiger partial charge in [-0.25, -0.2) is 4.79 Å². The summed E-state index contributed by atoms with van der Waals surface area (Å²) in [6.07, 6.45) is 4.72. The second kappa shape index (κ2) is 8.95. The van der Waals surface area contributed by atoms with Gasteiger partial charge in [-0.1, -0.05) is 54.6 Å². The molecule has 180 valence electrons. The third-order valence-corrected chi connectivity index (χ3v) is 6.96. The lowest BCUT2D eigenvalue weighted by atomic mass is 9.71. The molecule has 0 saturated heterocycles. The van der Waals surface area contributed by atoms with Crippen LogP contribution in [-0.4, -0.2) is 22.5 Å². The van der Waals surface area contributed by atoms with E-state index in [1.54, 1.807) is 0 Å². The number of rotatable bonds is 4. The maximum atomic E-state index is 12.6. The molecule has 1 saturated carbocycles. The van der Waals surface area contributed by atoms with Crippen molar-refractivity contribution >= 4 is 11.9 Å². The van der Waals surface area contributed by atoms with Crippen LogP contribution in [0.1, 0.15) is 74.5 Å². The molecule has 5 rings (SSSR count). The standard InChI is InChI=1S/C30H32N2O3/c1-29(2,3)35-28(34)32-30(17-8-18-30)22-15-13-21(14-16-22)27-23(20-9-5-4-6-10-20)19-24-25(31-27)11-7-12-26(24)33/h4-6,9-10,13-16,19H,7-8,11-12,17-18H2,1-3H3,(H,32,34). The summed E-state index contributed by atoms with van der Waals surface area (Å²) in [5.41, 5.74) is 5.70.